The molecule has 0 aliphatic rings. The summed E-state index contributed by atoms with van der Waals surface area (Å²) in [6.45, 7) is 4.00. The van der Waals surface area contributed by atoms with Gasteiger partial charge in [-0.2, -0.15) is 8.42 Å². The fourth-order valence-electron chi connectivity index (χ4n) is 3.79. The van der Waals surface area contributed by atoms with Gasteiger partial charge in [-0.25, -0.2) is 0 Å². The van der Waals surface area contributed by atoms with E-state index in [1.807, 2.05) is 12.1 Å². The first-order valence-electron chi connectivity index (χ1n) is 11.0. The minimum Gasteiger partial charge on any atom is -0.344 e. The van der Waals surface area contributed by atoms with Crippen LogP contribution < -0.4 is 6.15 Å². The Morgan fingerprint density at radius 3 is 1.61 bits per heavy atom. The van der Waals surface area contributed by atoms with Gasteiger partial charge in [0, 0.05) is 0 Å². The molecule has 0 aliphatic carbocycles. The molecule has 0 amide bonds. The third kappa shape index (κ3) is 11.8. The number of rotatable bonds is 16. The first-order valence-corrected chi connectivity index (χ1v) is 12.5. The fourth-order valence-corrected chi connectivity index (χ4v) is 4.77. The summed E-state index contributed by atoms with van der Waals surface area (Å²) in [5, 5.41) is 0. The lowest BCUT2D eigenvalue weighted by Crippen LogP contribution is -2.05. The van der Waals surface area contributed by atoms with Crippen molar-refractivity contribution < 1.29 is 13.0 Å². The molecule has 0 saturated carbocycles. The second kappa shape index (κ2) is 15.9. The summed E-state index contributed by atoms with van der Waals surface area (Å²) in [5.41, 5.74) is 1.37. The molecule has 4 nitrogen and oxygen atoms in total. The average molecular weight is 414 g/mol. The van der Waals surface area contributed by atoms with Crippen molar-refractivity contribution in [2.24, 2.45) is 0 Å². The summed E-state index contributed by atoms with van der Waals surface area (Å²) in [7, 11) is -4.13. The molecule has 0 aromatic heterocycles. The van der Waals surface area contributed by atoms with Gasteiger partial charge >= 0.3 is 0 Å². The number of unbranched alkanes of at least 4 members (excludes halogenated alkanes) is 13. The summed E-state index contributed by atoms with van der Waals surface area (Å²) < 4.78 is 32.6. The van der Waals surface area contributed by atoms with Crippen LogP contribution in [0.2, 0.25) is 0 Å². The molecule has 4 N–H and O–H groups in total. The van der Waals surface area contributed by atoms with Crippen LogP contribution in [0.1, 0.15) is 108 Å². The van der Waals surface area contributed by atoms with E-state index in [0.717, 1.165) is 24.8 Å². The largest absolute Gasteiger partial charge is 0.344 e. The van der Waals surface area contributed by atoms with Crippen molar-refractivity contribution in [2.75, 3.05) is 0 Å². The molecule has 0 fully saturated rings. The second-order valence-corrected chi connectivity index (χ2v) is 9.24. The highest BCUT2D eigenvalue weighted by Crippen LogP contribution is 2.22. The van der Waals surface area contributed by atoms with Crippen molar-refractivity contribution in [3.8, 4) is 0 Å². The van der Waals surface area contributed by atoms with E-state index in [1.165, 1.54) is 77.0 Å². The van der Waals surface area contributed by atoms with Gasteiger partial charge < -0.3 is 6.15 Å². The summed E-state index contributed by atoms with van der Waals surface area (Å²) in [5.74, 6) is 0. The monoisotopic (exact) mass is 413 g/mol. The molecule has 1 rings (SSSR count). The smallest absolute Gasteiger partial charge is 0.295 e. The summed E-state index contributed by atoms with van der Waals surface area (Å²) in [4.78, 5) is 0.111. The van der Waals surface area contributed by atoms with Crippen molar-refractivity contribution in [2.45, 2.75) is 115 Å². The van der Waals surface area contributed by atoms with Crippen LogP contribution in [0.15, 0.2) is 23.1 Å². The molecule has 0 heterocycles. The zero-order valence-corrected chi connectivity index (χ0v) is 19.0. The Kier molecular flexibility index (Phi) is 15.4. The van der Waals surface area contributed by atoms with E-state index in [9.17, 15) is 13.0 Å². The van der Waals surface area contributed by atoms with Crippen LogP contribution in [0.5, 0.6) is 0 Å². The van der Waals surface area contributed by atoms with Crippen LogP contribution in [0.3, 0.4) is 0 Å². The van der Waals surface area contributed by atoms with Crippen molar-refractivity contribution in [3.63, 3.8) is 0 Å². The van der Waals surface area contributed by atoms with E-state index in [0.29, 0.717) is 5.56 Å². The zero-order valence-electron chi connectivity index (χ0n) is 18.2. The number of hydrogen-bond acceptors (Lipinski definition) is 3. The van der Waals surface area contributed by atoms with Crippen molar-refractivity contribution >= 4 is 10.1 Å². The SMILES string of the molecule is CCCCCCCCCCCCCCCCc1cccc(C)c1S(=O)(=O)O.N. The fraction of sp³-hybridized carbons (Fsp3) is 0.739. The minimum atomic E-state index is -4.13. The lowest BCUT2D eigenvalue weighted by Gasteiger charge is -2.10. The van der Waals surface area contributed by atoms with E-state index >= 15 is 0 Å². The maximum atomic E-state index is 11.6. The highest BCUT2D eigenvalue weighted by Gasteiger charge is 2.17. The highest BCUT2D eigenvalue weighted by atomic mass is 32.2. The van der Waals surface area contributed by atoms with Crippen LogP contribution in [-0.4, -0.2) is 13.0 Å². The molecular weight excluding hydrogens is 370 g/mol. The van der Waals surface area contributed by atoms with Crippen LogP contribution in [0, 0.1) is 6.92 Å². The Morgan fingerprint density at radius 2 is 1.18 bits per heavy atom. The van der Waals surface area contributed by atoms with Crippen LogP contribution >= 0.6 is 0 Å². The molecule has 1 aromatic carbocycles. The van der Waals surface area contributed by atoms with E-state index in [1.54, 1.807) is 13.0 Å². The van der Waals surface area contributed by atoms with Gasteiger partial charge in [0.1, 0.15) is 0 Å². The topological polar surface area (TPSA) is 89.4 Å². The molecular formula is C23H43NO3S. The number of hydrogen-bond donors (Lipinski definition) is 2. The van der Waals surface area contributed by atoms with Crippen molar-refractivity contribution in [1.82, 2.24) is 6.15 Å². The Morgan fingerprint density at radius 1 is 0.750 bits per heavy atom. The first-order chi connectivity index (χ1) is 13.0. The molecule has 0 bridgehead atoms. The molecule has 0 saturated heterocycles. The lowest BCUT2D eigenvalue weighted by molar-refractivity contribution is 0.481. The Labute approximate surface area is 173 Å². The van der Waals surface area contributed by atoms with Crippen molar-refractivity contribution in [1.29, 1.82) is 0 Å². The summed E-state index contributed by atoms with van der Waals surface area (Å²) >= 11 is 0. The summed E-state index contributed by atoms with van der Waals surface area (Å²) in [6.07, 6.45) is 19.1. The molecule has 0 aliphatic heterocycles. The quantitative estimate of drug-likeness (QED) is 0.218. The molecule has 28 heavy (non-hydrogen) atoms. The molecule has 5 heteroatoms. The van der Waals surface area contributed by atoms with E-state index in [2.05, 4.69) is 6.92 Å². The Hall–Kier alpha value is -0.910. The zero-order chi connectivity index (χ0) is 20.0. The maximum Gasteiger partial charge on any atom is 0.295 e. The number of benzene rings is 1. The lowest BCUT2D eigenvalue weighted by atomic mass is 10.0. The van der Waals surface area contributed by atoms with Gasteiger partial charge in [0.25, 0.3) is 10.1 Å². The predicted molar refractivity (Wildman–Crippen MR) is 120 cm³/mol. The van der Waals surface area contributed by atoms with Gasteiger partial charge in [-0.3, -0.25) is 4.55 Å². The molecule has 0 radical (unpaired) electrons. The van der Waals surface area contributed by atoms with Crippen LogP contribution in [0.25, 0.3) is 0 Å². The average Bonchev–Trinajstić information content (AvgIpc) is 2.61. The maximum absolute atomic E-state index is 11.6. The van der Waals surface area contributed by atoms with Gasteiger partial charge in [0.15, 0.2) is 0 Å². The van der Waals surface area contributed by atoms with Crippen molar-refractivity contribution in [3.05, 3.63) is 29.3 Å². The van der Waals surface area contributed by atoms with E-state index < -0.39 is 10.1 Å². The van der Waals surface area contributed by atoms with E-state index in [4.69, 9.17) is 0 Å². The predicted octanol–water partition coefficient (Wildman–Crippen LogP) is 7.43. The van der Waals surface area contributed by atoms with E-state index in [-0.39, 0.29) is 11.0 Å². The Balaban J connectivity index is 0.00000729. The number of aryl methyl sites for hydroxylation is 2. The van der Waals surface area contributed by atoms with Crippen LogP contribution in [-0.2, 0) is 16.5 Å². The molecule has 0 atom stereocenters. The third-order valence-corrected chi connectivity index (χ3v) is 6.45. The molecule has 1 aromatic rings. The van der Waals surface area contributed by atoms with Gasteiger partial charge in [-0.15, -0.1) is 0 Å². The van der Waals surface area contributed by atoms with Crippen LogP contribution in [0.4, 0.5) is 0 Å². The summed E-state index contributed by atoms with van der Waals surface area (Å²) in [6, 6.07) is 5.42. The highest BCUT2D eigenvalue weighted by molar-refractivity contribution is 7.86. The Bertz CT molecular complexity index is 614. The first kappa shape index (κ1) is 27.1. The molecule has 0 unspecified atom stereocenters. The van der Waals surface area contributed by atoms with Gasteiger partial charge in [0.2, 0.25) is 0 Å². The van der Waals surface area contributed by atoms with Gasteiger partial charge in [0.05, 0.1) is 4.90 Å². The molecule has 164 valence electrons. The molecule has 0 spiro atoms. The standard InChI is InChI=1S/C23H40O3S.H3N/c1-3-4-5-6-7-8-9-10-11-12-13-14-15-16-19-22-20-17-18-21(2)23(22)27(24,25)26;/h17-18,20H,3-16,19H2,1-2H3,(H,24,25,26);1H3. The normalized spacial score (nSPS) is 11.4. The second-order valence-electron chi connectivity index (χ2n) is 7.88. The van der Waals surface area contributed by atoms with Gasteiger partial charge in [-0.05, 0) is 30.9 Å². The minimum absolute atomic E-state index is 0. The third-order valence-electron chi connectivity index (χ3n) is 5.35. The van der Waals surface area contributed by atoms with Gasteiger partial charge in [-0.1, -0.05) is 109 Å².